The third-order valence-electron chi connectivity index (χ3n) is 4.37. The minimum Gasteiger partial charge on any atom is -0.486 e. The van der Waals surface area contributed by atoms with E-state index < -0.39 is 0 Å². The Morgan fingerprint density at radius 1 is 1.08 bits per heavy atom. The average molecular weight is 372 g/mol. The summed E-state index contributed by atoms with van der Waals surface area (Å²) in [7, 11) is 0. The van der Waals surface area contributed by atoms with Gasteiger partial charge in [0.2, 0.25) is 5.91 Å². The van der Waals surface area contributed by atoms with E-state index in [4.69, 9.17) is 9.47 Å². The first kappa shape index (κ1) is 18.6. The summed E-state index contributed by atoms with van der Waals surface area (Å²) in [5.74, 6) is 1.86. The quantitative estimate of drug-likeness (QED) is 0.751. The zero-order valence-electron chi connectivity index (χ0n) is 15.7. The highest BCUT2D eigenvalue weighted by Gasteiger charge is 2.19. The number of aryl methyl sites for hydroxylation is 1. The molecule has 0 bridgehead atoms. The molecule has 0 spiro atoms. The lowest BCUT2D eigenvalue weighted by Crippen LogP contribution is -2.23. The minimum atomic E-state index is -0.225. The number of ether oxygens (including phenoxy) is 2. The lowest BCUT2D eigenvalue weighted by molar-refractivity contribution is -0.115. The molecule has 1 atom stereocenters. The van der Waals surface area contributed by atoms with Crippen LogP contribution in [0.1, 0.15) is 37.8 Å². The Balaban J connectivity index is 1.71. The van der Waals surface area contributed by atoms with Crippen LogP contribution in [0.25, 0.3) is 0 Å². The van der Waals surface area contributed by atoms with Crippen LogP contribution in [0, 0.1) is 6.92 Å². The van der Waals surface area contributed by atoms with Crippen LogP contribution < -0.4 is 14.8 Å². The maximum atomic E-state index is 12.7. The van der Waals surface area contributed by atoms with E-state index >= 15 is 0 Å². The Morgan fingerprint density at radius 2 is 1.81 bits per heavy atom. The highest BCUT2D eigenvalue weighted by Crippen LogP contribution is 2.36. The predicted octanol–water partition coefficient (Wildman–Crippen LogP) is 5.01. The SMILES string of the molecule is Cc1cccc(C(C)C)c1NC(=O)[C@H](C)Sc1ccc2c(c1)OCCO2. The fourth-order valence-electron chi connectivity index (χ4n) is 2.92. The van der Waals surface area contributed by atoms with Crippen LogP contribution in [0.15, 0.2) is 41.3 Å². The number of rotatable bonds is 5. The van der Waals surface area contributed by atoms with Crippen LogP contribution in [-0.4, -0.2) is 24.4 Å². The van der Waals surface area contributed by atoms with Gasteiger partial charge in [-0.3, -0.25) is 4.79 Å². The van der Waals surface area contributed by atoms with Crippen molar-refractivity contribution >= 4 is 23.4 Å². The smallest absolute Gasteiger partial charge is 0.237 e. The Kier molecular flexibility index (Phi) is 5.77. The Labute approximate surface area is 159 Å². The second kappa shape index (κ2) is 8.04. The van der Waals surface area contributed by atoms with E-state index in [9.17, 15) is 4.79 Å². The molecule has 1 aliphatic rings. The number of anilines is 1. The molecule has 4 nitrogen and oxygen atoms in total. The summed E-state index contributed by atoms with van der Waals surface area (Å²) >= 11 is 1.52. The zero-order chi connectivity index (χ0) is 18.7. The molecule has 5 heteroatoms. The number of carbonyl (C=O) groups is 1. The maximum absolute atomic E-state index is 12.7. The summed E-state index contributed by atoms with van der Waals surface area (Å²) in [5, 5.41) is 2.90. The van der Waals surface area contributed by atoms with Gasteiger partial charge in [-0.25, -0.2) is 0 Å². The van der Waals surface area contributed by atoms with Crippen molar-refractivity contribution < 1.29 is 14.3 Å². The summed E-state index contributed by atoms with van der Waals surface area (Å²) < 4.78 is 11.2. The summed E-state index contributed by atoms with van der Waals surface area (Å²) in [6.07, 6.45) is 0. The number of para-hydroxylation sites is 1. The Morgan fingerprint density at radius 3 is 2.54 bits per heavy atom. The van der Waals surface area contributed by atoms with E-state index in [2.05, 4.69) is 25.2 Å². The second-order valence-electron chi connectivity index (χ2n) is 6.75. The lowest BCUT2D eigenvalue weighted by Gasteiger charge is -2.20. The molecule has 0 unspecified atom stereocenters. The van der Waals surface area contributed by atoms with Crippen molar-refractivity contribution in [1.82, 2.24) is 0 Å². The first-order valence-corrected chi connectivity index (χ1v) is 9.80. The third kappa shape index (κ3) is 4.15. The van der Waals surface area contributed by atoms with Gasteiger partial charge in [0, 0.05) is 10.6 Å². The largest absolute Gasteiger partial charge is 0.486 e. The molecule has 0 aliphatic carbocycles. The molecule has 0 radical (unpaired) electrons. The van der Waals surface area contributed by atoms with Crippen molar-refractivity contribution in [2.45, 2.75) is 43.8 Å². The number of benzene rings is 2. The topological polar surface area (TPSA) is 47.6 Å². The van der Waals surface area contributed by atoms with Crippen LogP contribution in [-0.2, 0) is 4.79 Å². The summed E-state index contributed by atoms with van der Waals surface area (Å²) in [6.45, 7) is 9.36. The normalized spacial score (nSPS) is 14.2. The van der Waals surface area contributed by atoms with E-state index in [-0.39, 0.29) is 11.2 Å². The van der Waals surface area contributed by atoms with Crippen LogP contribution in [0.3, 0.4) is 0 Å². The van der Waals surface area contributed by atoms with Crippen LogP contribution in [0.4, 0.5) is 5.69 Å². The molecule has 0 fully saturated rings. The van der Waals surface area contributed by atoms with Gasteiger partial charge in [-0.1, -0.05) is 32.0 Å². The minimum absolute atomic E-state index is 0.00101. The van der Waals surface area contributed by atoms with Gasteiger partial charge in [0.1, 0.15) is 13.2 Å². The number of nitrogens with one attached hydrogen (secondary N) is 1. The van der Waals surface area contributed by atoms with Crippen LogP contribution in [0.2, 0.25) is 0 Å². The molecule has 3 rings (SSSR count). The molecule has 0 aromatic heterocycles. The lowest BCUT2D eigenvalue weighted by atomic mass is 9.98. The number of fused-ring (bicyclic) bond motifs is 1. The second-order valence-corrected chi connectivity index (χ2v) is 8.16. The van der Waals surface area contributed by atoms with Crippen molar-refractivity contribution in [2.75, 3.05) is 18.5 Å². The molecule has 1 amide bonds. The molecule has 2 aromatic carbocycles. The van der Waals surface area contributed by atoms with Crippen molar-refractivity contribution in [3.8, 4) is 11.5 Å². The van der Waals surface area contributed by atoms with Gasteiger partial charge < -0.3 is 14.8 Å². The van der Waals surface area contributed by atoms with Gasteiger partial charge in [0.15, 0.2) is 11.5 Å². The van der Waals surface area contributed by atoms with Crippen molar-refractivity contribution in [2.24, 2.45) is 0 Å². The Bertz CT molecular complexity index is 804. The summed E-state index contributed by atoms with van der Waals surface area (Å²) in [4.78, 5) is 13.7. The van der Waals surface area contributed by atoms with Gasteiger partial charge in [0.25, 0.3) is 0 Å². The van der Waals surface area contributed by atoms with E-state index in [0.717, 1.165) is 33.2 Å². The zero-order valence-corrected chi connectivity index (χ0v) is 16.5. The first-order chi connectivity index (χ1) is 12.5. The molecule has 0 saturated heterocycles. The van der Waals surface area contributed by atoms with Gasteiger partial charge in [-0.15, -0.1) is 11.8 Å². The molecule has 1 N–H and O–H groups in total. The van der Waals surface area contributed by atoms with Gasteiger partial charge in [-0.05, 0) is 49.1 Å². The fraction of sp³-hybridized carbons (Fsp3) is 0.381. The van der Waals surface area contributed by atoms with E-state index in [1.54, 1.807) is 0 Å². The predicted molar refractivity (Wildman–Crippen MR) is 107 cm³/mol. The molecule has 138 valence electrons. The highest BCUT2D eigenvalue weighted by atomic mass is 32.2. The third-order valence-corrected chi connectivity index (χ3v) is 5.46. The van der Waals surface area contributed by atoms with E-state index in [1.807, 2.05) is 44.2 Å². The fourth-order valence-corrected chi connectivity index (χ4v) is 3.82. The number of carbonyl (C=O) groups excluding carboxylic acids is 1. The molecular weight excluding hydrogens is 346 g/mol. The van der Waals surface area contributed by atoms with Crippen molar-refractivity contribution in [1.29, 1.82) is 0 Å². The molecular formula is C21H25NO3S. The van der Waals surface area contributed by atoms with Crippen LogP contribution >= 0.6 is 11.8 Å². The average Bonchev–Trinajstić information content (AvgIpc) is 2.63. The number of hydrogen-bond acceptors (Lipinski definition) is 4. The first-order valence-electron chi connectivity index (χ1n) is 8.92. The van der Waals surface area contributed by atoms with Gasteiger partial charge in [0.05, 0.1) is 5.25 Å². The Hall–Kier alpha value is -2.14. The molecule has 0 saturated carbocycles. The van der Waals surface area contributed by atoms with Crippen molar-refractivity contribution in [3.05, 3.63) is 47.5 Å². The van der Waals surface area contributed by atoms with Crippen LogP contribution in [0.5, 0.6) is 11.5 Å². The summed E-state index contributed by atoms with van der Waals surface area (Å²) in [5.41, 5.74) is 3.18. The highest BCUT2D eigenvalue weighted by molar-refractivity contribution is 8.00. The van der Waals surface area contributed by atoms with Gasteiger partial charge >= 0.3 is 0 Å². The molecule has 26 heavy (non-hydrogen) atoms. The monoisotopic (exact) mass is 371 g/mol. The standard InChI is InChI=1S/C21H25NO3S/c1-13(2)17-7-5-6-14(3)20(17)22-21(23)15(4)26-16-8-9-18-19(12-16)25-11-10-24-18/h5-9,12-13,15H,10-11H2,1-4H3,(H,22,23)/t15-/m0/s1. The number of thioether (sulfide) groups is 1. The molecule has 1 heterocycles. The molecule has 1 aliphatic heterocycles. The number of hydrogen-bond donors (Lipinski definition) is 1. The molecule has 2 aromatic rings. The van der Waals surface area contributed by atoms with Gasteiger partial charge in [-0.2, -0.15) is 0 Å². The maximum Gasteiger partial charge on any atom is 0.237 e. The summed E-state index contributed by atoms with van der Waals surface area (Å²) in [6, 6.07) is 11.9. The van der Waals surface area contributed by atoms with E-state index in [1.165, 1.54) is 11.8 Å². The van der Waals surface area contributed by atoms with E-state index in [0.29, 0.717) is 19.1 Å². The number of amides is 1. The van der Waals surface area contributed by atoms with Crippen molar-refractivity contribution in [3.63, 3.8) is 0 Å².